The van der Waals surface area contributed by atoms with Gasteiger partial charge in [0.1, 0.15) is 0 Å². The molecular formula is C26H32N4O5S2. The van der Waals surface area contributed by atoms with Crippen LogP contribution >= 0.6 is 11.3 Å². The zero-order chi connectivity index (χ0) is 26.2. The van der Waals surface area contributed by atoms with E-state index in [0.717, 1.165) is 36.0 Å². The minimum absolute atomic E-state index is 0.192. The van der Waals surface area contributed by atoms with Gasteiger partial charge in [0.15, 0.2) is 16.6 Å². The number of hydrogen-bond acceptors (Lipinski definition) is 8. The first-order valence-corrected chi connectivity index (χ1v) is 14.7. The Morgan fingerprint density at radius 3 is 2.57 bits per heavy atom. The number of carbonyl (C=O) groups excluding carboxylic acids is 1. The quantitative estimate of drug-likeness (QED) is 0.423. The van der Waals surface area contributed by atoms with E-state index in [9.17, 15) is 13.2 Å². The van der Waals surface area contributed by atoms with Crippen molar-refractivity contribution in [1.29, 1.82) is 0 Å². The molecule has 0 saturated carbocycles. The third-order valence-electron chi connectivity index (χ3n) is 6.69. The number of anilines is 1. The molecule has 3 heterocycles. The number of fused-ring (bicyclic) bond motifs is 2. The smallest absolute Gasteiger partial charge is 0.260 e. The molecule has 1 fully saturated rings. The molecule has 2 aromatic carbocycles. The van der Waals surface area contributed by atoms with Gasteiger partial charge in [0.25, 0.3) is 5.91 Å². The molecule has 198 valence electrons. The van der Waals surface area contributed by atoms with Crippen molar-refractivity contribution in [3.05, 3.63) is 42.0 Å². The first kappa shape index (κ1) is 25.9. The molecule has 0 N–H and O–H groups in total. The van der Waals surface area contributed by atoms with Gasteiger partial charge in [-0.3, -0.25) is 9.69 Å². The van der Waals surface area contributed by atoms with E-state index in [4.69, 9.17) is 14.5 Å². The highest BCUT2D eigenvalue weighted by Crippen LogP contribution is 2.40. The van der Waals surface area contributed by atoms with Crippen LogP contribution in [0.3, 0.4) is 0 Å². The Hall–Kier alpha value is -2.73. The molecule has 1 amide bonds. The summed E-state index contributed by atoms with van der Waals surface area (Å²) < 4.78 is 39.7. The Kier molecular flexibility index (Phi) is 7.39. The standard InChI is InChI=1S/C26H32N4O5S2/c1-18-6-4-12-29(16-18)37(32,33)20-9-7-19(8-10-20)25(31)30(13-5-11-28(2)3)26-27-21-14-22-23(35-17-34-22)15-24(21)36-26/h7-10,14-15,18H,4-6,11-13,16-17H2,1-3H3. The Balaban J connectivity index is 1.41. The third kappa shape index (κ3) is 5.45. The highest BCUT2D eigenvalue weighted by molar-refractivity contribution is 7.89. The lowest BCUT2D eigenvalue weighted by atomic mass is 10.0. The van der Waals surface area contributed by atoms with E-state index in [0.29, 0.717) is 47.7 Å². The van der Waals surface area contributed by atoms with Gasteiger partial charge in [0, 0.05) is 37.3 Å². The monoisotopic (exact) mass is 544 g/mol. The van der Waals surface area contributed by atoms with E-state index < -0.39 is 10.0 Å². The molecule has 1 unspecified atom stereocenters. The lowest BCUT2D eigenvalue weighted by Crippen LogP contribution is -2.39. The second-order valence-corrected chi connectivity index (χ2v) is 12.9. The van der Waals surface area contributed by atoms with Crippen molar-refractivity contribution in [3.8, 4) is 11.5 Å². The molecule has 3 aromatic rings. The Morgan fingerprint density at radius 1 is 1.14 bits per heavy atom. The Morgan fingerprint density at radius 2 is 1.86 bits per heavy atom. The van der Waals surface area contributed by atoms with E-state index in [2.05, 4.69) is 11.8 Å². The highest BCUT2D eigenvalue weighted by Gasteiger charge is 2.29. The van der Waals surface area contributed by atoms with Crippen LogP contribution in [0.15, 0.2) is 41.3 Å². The van der Waals surface area contributed by atoms with Crippen molar-refractivity contribution >= 4 is 42.6 Å². The van der Waals surface area contributed by atoms with E-state index in [1.54, 1.807) is 21.3 Å². The summed E-state index contributed by atoms with van der Waals surface area (Å²) >= 11 is 1.42. The van der Waals surface area contributed by atoms with Crippen molar-refractivity contribution in [2.75, 3.05) is 52.0 Å². The van der Waals surface area contributed by atoms with Crippen LogP contribution in [0.2, 0.25) is 0 Å². The van der Waals surface area contributed by atoms with Crippen LogP contribution < -0.4 is 14.4 Å². The third-order valence-corrected chi connectivity index (χ3v) is 9.61. The van der Waals surface area contributed by atoms with Crippen LogP contribution in [0.1, 0.15) is 36.5 Å². The lowest BCUT2D eigenvalue weighted by Gasteiger charge is -2.30. The Bertz CT molecular complexity index is 1350. The van der Waals surface area contributed by atoms with Crippen LogP contribution in [0.5, 0.6) is 11.5 Å². The molecule has 1 atom stereocenters. The summed E-state index contributed by atoms with van der Waals surface area (Å²) in [6, 6.07) is 10.0. The van der Waals surface area contributed by atoms with Gasteiger partial charge in [-0.2, -0.15) is 4.31 Å². The maximum atomic E-state index is 13.7. The van der Waals surface area contributed by atoms with Crippen molar-refractivity contribution in [2.24, 2.45) is 5.92 Å². The Labute approximate surface area is 221 Å². The number of thiazole rings is 1. The van der Waals surface area contributed by atoms with Crippen molar-refractivity contribution in [1.82, 2.24) is 14.2 Å². The molecule has 0 aliphatic carbocycles. The molecule has 5 rings (SSSR count). The summed E-state index contributed by atoms with van der Waals surface area (Å²) in [5, 5.41) is 0.585. The molecule has 2 aliphatic rings. The fourth-order valence-electron chi connectivity index (χ4n) is 4.69. The van der Waals surface area contributed by atoms with Gasteiger partial charge in [-0.1, -0.05) is 18.3 Å². The first-order valence-electron chi connectivity index (χ1n) is 12.5. The number of nitrogens with zero attached hydrogens (tertiary/aromatic N) is 4. The van der Waals surface area contributed by atoms with Crippen molar-refractivity contribution in [2.45, 2.75) is 31.1 Å². The van der Waals surface area contributed by atoms with Crippen LogP contribution in [-0.2, 0) is 10.0 Å². The predicted molar refractivity (Wildman–Crippen MR) is 144 cm³/mol. The van der Waals surface area contributed by atoms with Gasteiger partial charge < -0.3 is 14.4 Å². The molecule has 1 aromatic heterocycles. The predicted octanol–water partition coefficient (Wildman–Crippen LogP) is 4.04. The van der Waals surface area contributed by atoms with E-state index >= 15 is 0 Å². The summed E-state index contributed by atoms with van der Waals surface area (Å²) in [7, 11) is 0.400. The number of sulfonamides is 1. The highest BCUT2D eigenvalue weighted by atomic mass is 32.2. The average molecular weight is 545 g/mol. The zero-order valence-corrected chi connectivity index (χ0v) is 23.0. The maximum Gasteiger partial charge on any atom is 0.260 e. The van der Waals surface area contributed by atoms with E-state index in [-0.39, 0.29) is 17.6 Å². The second kappa shape index (κ2) is 10.6. The molecular weight excluding hydrogens is 512 g/mol. The van der Waals surface area contributed by atoms with Gasteiger partial charge in [0.2, 0.25) is 16.8 Å². The fraction of sp³-hybridized carbons (Fsp3) is 0.462. The van der Waals surface area contributed by atoms with Gasteiger partial charge >= 0.3 is 0 Å². The average Bonchev–Trinajstić information content (AvgIpc) is 3.50. The lowest BCUT2D eigenvalue weighted by molar-refractivity contribution is 0.0986. The fourth-order valence-corrected chi connectivity index (χ4v) is 7.29. The summed E-state index contributed by atoms with van der Waals surface area (Å²) in [4.78, 5) is 22.4. The number of hydrogen-bond donors (Lipinski definition) is 0. The van der Waals surface area contributed by atoms with E-state index in [1.165, 1.54) is 23.5 Å². The van der Waals surface area contributed by atoms with Crippen LogP contribution in [0.25, 0.3) is 10.2 Å². The van der Waals surface area contributed by atoms with Gasteiger partial charge in [-0.25, -0.2) is 13.4 Å². The maximum absolute atomic E-state index is 13.7. The van der Waals surface area contributed by atoms with Crippen LogP contribution in [-0.4, -0.2) is 75.6 Å². The summed E-state index contributed by atoms with van der Waals surface area (Å²) in [6.45, 7) is 4.62. The zero-order valence-electron chi connectivity index (χ0n) is 21.3. The molecule has 0 bridgehead atoms. The molecule has 1 saturated heterocycles. The molecule has 9 nitrogen and oxygen atoms in total. The number of benzene rings is 2. The summed E-state index contributed by atoms with van der Waals surface area (Å²) in [6.07, 6.45) is 2.66. The number of piperidine rings is 1. The SMILES string of the molecule is CC1CCCN(S(=O)(=O)c2ccc(C(=O)N(CCCN(C)C)c3nc4cc5c(cc4s3)OCO5)cc2)C1. The second-order valence-electron chi connectivity index (χ2n) is 9.92. The first-order chi connectivity index (χ1) is 17.7. The van der Waals surface area contributed by atoms with Crippen LogP contribution in [0.4, 0.5) is 5.13 Å². The largest absolute Gasteiger partial charge is 0.454 e. The molecule has 2 aliphatic heterocycles. The topological polar surface area (TPSA) is 92.3 Å². The molecule has 0 radical (unpaired) electrons. The number of carbonyl (C=O) groups is 1. The normalized spacial score (nSPS) is 18.0. The summed E-state index contributed by atoms with van der Waals surface area (Å²) in [5.74, 6) is 1.45. The molecule has 11 heteroatoms. The number of amides is 1. The van der Waals surface area contributed by atoms with Gasteiger partial charge in [0.05, 0.1) is 15.1 Å². The minimum atomic E-state index is -3.59. The van der Waals surface area contributed by atoms with Gasteiger partial charge in [-0.15, -0.1) is 0 Å². The minimum Gasteiger partial charge on any atom is -0.454 e. The summed E-state index contributed by atoms with van der Waals surface area (Å²) in [5.41, 5.74) is 1.16. The number of rotatable bonds is 8. The molecule has 0 spiro atoms. The van der Waals surface area contributed by atoms with Crippen LogP contribution in [0, 0.1) is 5.92 Å². The number of aromatic nitrogens is 1. The van der Waals surface area contributed by atoms with Crippen molar-refractivity contribution in [3.63, 3.8) is 0 Å². The van der Waals surface area contributed by atoms with E-state index in [1.807, 2.05) is 26.2 Å². The number of ether oxygens (including phenoxy) is 2. The van der Waals surface area contributed by atoms with Crippen molar-refractivity contribution < 1.29 is 22.7 Å². The van der Waals surface area contributed by atoms with Gasteiger partial charge in [-0.05, 0) is 70.1 Å². The molecule has 37 heavy (non-hydrogen) atoms.